The summed E-state index contributed by atoms with van der Waals surface area (Å²) in [6.07, 6.45) is -13.0. The summed E-state index contributed by atoms with van der Waals surface area (Å²) in [6.45, 7) is 1.63. The minimum absolute atomic E-state index is 0.554. The van der Waals surface area contributed by atoms with Crippen LogP contribution in [0.1, 0.15) is 6.92 Å². The molecule has 1 saturated heterocycles. The Morgan fingerprint density at radius 3 is 2.50 bits per heavy atom. The molecule has 0 unspecified atom stereocenters. The van der Waals surface area contributed by atoms with E-state index in [-0.39, 0.29) is 0 Å². The minimum atomic E-state index is -4.92. The van der Waals surface area contributed by atoms with Gasteiger partial charge in [-0.2, -0.15) is 13.2 Å². The van der Waals surface area contributed by atoms with E-state index in [0.29, 0.717) is 5.04 Å². The predicted octanol–water partition coefficient (Wildman–Crippen LogP) is -0.110. The monoisotopic (exact) mass is 287 g/mol. The van der Waals surface area contributed by atoms with Crippen molar-refractivity contribution in [3.63, 3.8) is 0 Å². The standard InChI is InChI=1S/C9H12F3NO4S/c1-2-13-3-4(14)5(15)6(17-8(3)18-2)7(16)9(10,11)12/h3-8,14-16H,1H3/t3-,4-,5+,6+,7-,8-/m1/s1. The quantitative estimate of drug-likeness (QED) is 0.627. The normalized spacial score (nSPS) is 42.4. The number of fused-ring (bicyclic) bond motifs is 1. The molecule has 1 fully saturated rings. The number of nitrogens with zero attached hydrogens (tertiary/aromatic N) is 1. The van der Waals surface area contributed by atoms with Crippen LogP contribution < -0.4 is 0 Å². The SMILES string of the molecule is CC1=N[C@@H]2[C@@H](O)[C@H](O)[C@@H]([C@@H](O)C(F)(F)F)O[C@@H]2S1. The van der Waals surface area contributed by atoms with Crippen LogP contribution in [0.4, 0.5) is 13.2 Å². The fourth-order valence-corrected chi connectivity index (χ4v) is 3.03. The Kier molecular flexibility index (Phi) is 3.63. The van der Waals surface area contributed by atoms with Crippen molar-refractivity contribution in [2.24, 2.45) is 4.99 Å². The molecule has 6 atom stereocenters. The van der Waals surface area contributed by atoms with Crippen LogP contribution in [0.25, 0.3) is 0 Å². The summed E-state index contributed by atoms with van der Waals surface area (Å²) < 4.78 is 42.2. The number of aliphatic hydroxyl groups is 3. The second-order valence-corrected chi connectivity index (χ2v) is 5.48. The van der Waals surface area contributed by atoms with Gasteiger partial charge in [0.1, 0.15) is 29.8 Å². The molecule has 2 aliphatic rings. The molecular formula is C9H12F3NO4S. The zero-order valence-corrected chi connectivity index (χ0v) is 10.0. The van der Waals surface area contributed by atoms with Crippen LogP contribution in [0.3, 0.4) is 0 Å². The summed E-state index contributed by atoms with van der Waals surface area (Å²) in [6, 6.07) is -0.804. The lowest BCUT2D eigenvalue weighted by atomic mass is 9.94. The van der Waals surface area contributed by atoms with E-state index < -0.39 is 42.1 Å². The molecule has 3 N–H and O–H groups in total. The molecule has 0 aromatic carbocycles. The maximum absolute atomic E-state index is 12.4. The van der Waals surface area contributed by atoms with Gasteiger partial charge in [-0.05, 0) is 6.92 Å². The van der Waals surface area contributed by atoms with Gasteiger partial charge >= 0.3 is 6.18 Å². The number of hydrogen-bond donors (Lipinski definition) is 3. The molecule has 0 aliphatic carbocycles. The van der Waals surface area contributed by atoms with E-state index in [1.165, 1.54) is 0 Å². The lowest BCUT2D eigenvalue weighted by Crippen LogP contribution is -2.60. The van der Waals surface area contributed by atoms with Gasteiger partial charge in [0.05, 0.1) is 5.04 Å². The Morgan fingerprint density at radius 2 is 1.94 bits per heavy atom. The average Bonchev–Trinajstić information content (AvgIpc) is 2.62. The Labute approximate surface area is 105 Å². The topological polar surface area (TPSA) is 82.3 Å². The molecule has 9 heteroatoms. The van der Waals surface area contributed by atoms with Crippen LogP contribution >= 0.6 is 11.8 Å². The van der Waals surface area contributed by atoms with Crippen molar-refractivity contribution in [2.75, 3.05) is 0 Å². The van der Waals surface area contributed by atoms with Crippen molar-refractivity contribution in [2.45, 2.75) is 49.0 Å². The van der Waals surface area contributed by atoms with Crippen LogP contribution in [-0.4, -0.2) is 62.4 Å². The van der Waals surface area contributed by atoms with Crippen molar-refractivity contribution in [3.8, 4) is 0 Å². The molecule has 0 spiro atoms. The maximum Gasteiger partial charge on any atom is 0.417 e. The number of thioether (sulfide) groups is 1. The number of aliphatic hydroxyl groups excluding tert-OH is 3. The van der Waals surface area contributed by atoms with Gasteiger partial charge in [0.15, 0.2) is 6.10 Å². The molecule has 0 aromatic rings. The number of rotatable bonds is 1. The molecule has 2 rings (SSSR count). The highest BCUT2D eigenvalue weighted by Crippen LogP contribution is 2.39. The highest BCUT2D eigenvalue weighted by molar-refractivity contribution is 8.14. The lowest BCUT2D eigenvalue weighted by molar-refractivity contribution is -0.271. The van der Waals surface area contributed by atoms with E-state index >= 15 is 0 Å². The highest BCUT2D eigenvalue weighted by atomic mass is 32.2. The third kappa shape index (κ3) is 2.37. The van der Waals surface area contributed by atoms with Gasteiger partial charge in [-0.25, -0.2) is 0 Å². The summed E-state index contributed by atoms with van der Waals surface area (Å²) in [4.78, 5) is 3.98. The largest absolute Gasteiger partial charge is 0.417 e. The highest BCUT2D eigenvalue weighted by Gasteiger charge is 2.55. The number of hydrogen-bond acceptors (Lipinski definition) is 6. The van der Waals surface area contributed by atoms with Gasteiger partial charge in [0, 0.05) is 0 Å². The Bertz CT molecular complexity index is 364. The van der Waals surface area contributed by atoms with E-state index in [2.05, 4.69) is 4.99 Å². The van der Waals surface area contributed by atoms with Crippen LogP contribution in [0.2, 0.25) is 0 Å². The summed E-state index contributed by atoms with van der Waals surface area (Å²) in [7, 11) is 0. The van der Waals surface area contributed by atoms with Crippen molar-refractivity contribution >= 4 is 16.8 Å². The Morgan fingerprint density at radius 1 is 1.33 bits per heavy atom. The van der Waals surface area contributed by atoms with E-state index in [9.17, 15) is 23.4 Å². The van der Waals surface area contributed by atoms with Crippen LogP contribution in [0, 0.1) is 0 Å². The summed E-state index contributed by atoms with van der Waals surface area (Å²) in [5.74, 6) is 0. The van der Waals surface area contributed by atoms with Crippen LogP contribution in [-0.2, 0) is 4.74 Å². The van der Waals surface area contributed by atoms with Crippen LogP contribution in [0.15, 0.2) is 4.99 Å². The molecule has 0 saturated carbocycles. The van der Waals surface area contributed by atoms with E-state index in [1.807, 2.05) is 0 Å². The summed E-state index contributed by atoms with van der Waals surface area (Å²) in [5, 5.41) is 29.0. The Hall–Kier alpha value is -0.350. The van der Waals surface area contributed by atoms with Crippen LogP contribution in [0.5, 0.6) is 0 Å². The Balaban J connectivity index is 2.17. The first kappa shape index (κ1) is 14.1. The molecule has 0 amide bonds. The minimum Gasteiger partial charge on any atom is -0.388 e. The van der Waals surface area contributed by atoms with Crippen molar-refractivity contribution in [3.05, 3.63) is 0 Å². The smallest absolute Gasteiger partial charge is 0.388 e. The van der Waals surface area contributed by atoms with E-state index in [1.54, 1.807) is 6.92 Å². The predicted molar refractivity (Wildman–Crippen MR) is 57.2 cm³/mol. The number of halogens is 3. The molecule has 2 heterocycles. The molecule has 0 bridgehead atoms. The van der Waals surface area contributed by atoms with Crippen molar-refractivity contribution < 1.29 is 33.2 Å². The second kappa shape index (κ2) is 4.64. The van der Waals surface area contributed by atoms with E-state index in [4.69, 9.17) is 9.84 Å². The van der Waals surface area contributed by atoms with Gasteiger partial charge in [0.2, 0.25) is 0 Å². The first-order valence-electron chi connectivity index (χ1n) is 5.19. The van der Waals surface area contributed by atoms with Gasteiger partial charge < -0.3 is 20.1 Å². The van der Waals surface area contributed by atoms with Crippen molar-refractivity contribution in [1.82, 2.24) is 0 Å². The fourth-order valence-electron chi connectivity index (χ4n) is 1.96. The number of alkyl halides is 3. The lowest BCUT2D eigenvalue weighted by Gasteiger charge is -2.40. The van der Waals surface area contributed by atoms with Gasteiger partial charge in [-0.15, -0.1) is 0 Å². The fraction of sp³-hybridized carbons (Fsp3) is 0.889. The summed E-state index contributed by atoms with van der Waals surface area (Å²) in [5.41, 5.74) is -0.814. The average molecular weight is 287 g/mol. The second-order valence-electron chi connectivity index (χ2n) is 4.19. The third-order valence-corrected chi connectivity index (χ3v) is 3.94. The van der Waals surface area contributed by atoms with E-state index in [0.717, 1.165) is 11.8 Å². The maximum atomic E-state index is 12.4. The molecule has 5 nitrogen and oxygen atoms in total. The molecule has 0 radical (unpaired) electrons. The molecule has 18 heavy (non-hydrogen) atoms. The number of ether oxygens (including phenoxy) is 1. The molecule has 0 aromatic heterocycles. The van der Waals surface area contributed by atoms with Gasteiger partial charge in [-0.1, -0.05) is 11.8 Å². The number of aliphatic imine (C=N–C) groups is 1. The zero-order chi connectivity index (χ0) is 13.7. The third-order valence-electron chi connectivity index (χ3n) is 2.87. The first-order valence-corrected chi connectivity index (χ1v) is 6.07. The zero-order valence-electron chi connectivity index (χ0n) is 9.20. The van der Waals surface area contributed by atoms with Gasteiger partial charge in [0.25, 0.3) is 0 Å². The first-order chi connectivity index (χ1) is 8.21. The molecule has 104 valence electrons. The summed E-state index contributed by atoms with van der Waals surface area (Å²) >= 11 is 1.07. The molecule has 2 aliphatic heterocycles. The van der Waals surface area contributed by atoms with Gasteiger partial charge in [-0.3, -0.25) is 4.99 Å². The van der Waals surface area contributed by atoms with Crippen molar-refractivity contribution in [1.29, 1.82) is 0 Å². The molecular weight excluding hydrogens is 275 g/mol.